The molecule has 11 atom stereocenters. The SMILES string of the molecule is C=C(C)[C@@H]1CC[C@]2(NCCN3CCS(=O)(=O)CC3C)CC[C@]3(C)[C@H](CC[C@@H]4[C@@]5(C)CC=C(C6=CC[C@@](CF)(C(=O)O)CC6)C(C)(C)[C@@H]5CC[C@]43C)[C@@H]12. The van der Waals surface area contributed by atoms with Crippen molar-refractivity contribution >= 4 is 15.8 Å². The Hall–Kier alpha value is -1.51. The average molecular weight is 741 g/mol. The summed E-state index contributed by atoms with van der Waals surface area (Å²) in [7, 11) is -2.92. The molecule has 1 heterocycles. The fourth-order valence-electron chi connectivity index (χ4n) is 14.9. The first-order valence-corrected chi connectivity index (χ1v) is 22.7. The highest BCUT2D eigenvalue weighted by Gasteiger charge is 2.70. The molecular formula is C44H69FN2O4S. The highest BCUT2D eigenvalue weighted by molar-refractivity contribution is 7.91. The van der Waals surface area contributed by atoms with Crippen LogP contribution < -0.4 is 5.32 Å². The van der Waals surface area contributed by atoms with Crippen LogP contribution in [0.5, 0.6) is 0 Å². The molecule has 5 fully saturated rings. The molecule has 0 aromatic carbocycles. The molecule has 0 radical (unpaired) electrons. The smallest absolute Gasteiger partial charge is 0.312 e. The van der Waals surface area contributed by atoms with Crippen LogP contribution in [0.15, 0.2) is 35.5 Å². The second kappa shape index (κ2) is 13.0. The van der Waals surface area contributed by atoms with Crippen LogP contribution in [0.25, 0.3) is 0 Å². The maximum Gasteiger partial charge on any atom is 0.312 e. The van der Waals surface area contributed by atoms with Gasteiger partial charge in [-0.05, 0) is 153 Å². The van der Waals surface area contributed by atoms with Gasteiger partial charge in [0.15, 0.2) is 9.84 Å². The Morgan fingerprint density at radius 2 is 1.73 bits per heavy atom. The third kappa shape index (κ3) is 5.70. The number of rotatable bonds is 8. The van der Waals surface area contributed by atoms with Gasteiger partial charge in [0.1, 0.15) is 6.67 Å². The minimum atomic E-state index is -2.92. The molecule has 1 unspecified atom stereocenters. The predicted octanol–water partition coefficient (Wildman–Crippen LogP) is 8.79. The number of hydrogen-bond acceptors (Lipinski definition) is 5. The number of nitrogens with one attached hydrogen (secondary N) is 1. The Morgan fingerprint density at radius 1 is 0.981 bits per heavy atom. The Kier molecular flexibility index (Phi) is 9.71. The van der Waals surface area contributed by atoms with E-state index in [9.17, 15) is 22.7 Å². The highest BCUT2D eigenvalue weighted by atomic mass is 32.2. The van der Waals surface area contributed by atoms with Crippen molar-refractivity contribution in [2.75, 3.05) is 37.8 Å². The molecule has 292 valence electrons. The monoisotopic (exact) mass is 740 g/mol. The van der Waals surface area contributed by atoms with E-state index >= 15 is 0 Å². The number of hydrogen-bond donors (Lipinski definition) is 2. The van der Waals surface area contributed by atoms with Crippen LogP contribution in [0.3, 0.4) is 0 Å². The van der Waals surface area contributed by atoms with E-state index in [0.29, 0.717) is 49.0 Å². The first kappa shape index (κ1) is 38.8. The van der Waals surface area contributed by atoms with Gasteiger partial charge in [-0.25, -0.2) is 12.8 Å². The van der Waals surface area contributed by atoms with Crippen LogP contribution in [-0.4, -0.2) is 73.8 Å². The van der Waals surface area contributed by atoms with Crippen molar-refractivity contribution in [3.63, 3.8) is 0 Å². The molecule has 0 amide bonds. The normalized spacial score (nSPS) is 46.8. The summed E-state index contributed by atoms with van der Waals surface area (Å²) < 4.78 is 38.5. The molecule has 8 heteroatoms. The second-order valence-corrected chi connectivity index (χ2v) is 22.7. The average Bonchev–Trinajstić information content (AvgIpc) is 3.46. The zero-order valence-electron chi connectivity index (χ0n) is 33.5. The zero-order valence-corrected chi connectivity index (χ0v) is 34.3. The lowest BCUT2D eigenvalue weighted by molar-refractivity contribution is -0.221. The Bertz CT molecular complexity index is 1640. The van der Waals surface area contributed by atoms with Crippen molar-refractivity contribution in [3.05, 3.63) is 35.5 Å². The van der Waals surface area contributed by atoms with Crippen LogP contribution in [-0.2, 0) is 14.6 Å². The van der Waals surface area contributed by atoms with Crippen LogP contribution in [0.1, 0.15) is 126 Å². The van der Waals surface area contributed by atoms with Gasteiger partial charge in [0.2, 0.25) is 0 Å². The number of carbonyl (C=O) groups is 1. The van der Waals surface area contributed by atoms with Gasteiger partial charge in [0, 0.05) is 31.2 Å². The standard InChI is InChI=1S/C44H69FN2O4S/c1-29(2)32-13-20-44(46-23-24-47-25-26-52(50,51)27-30(47)3)22-21-41(7)34(37(32)44)9-10-36-40(6)16-14-33(39(4,5)35(40)15-17-42(36,41)8)31-11-18-43(28-45,19-12-31)38(48)49/h11,14,30,32,34-37,46H,1,9-10,12-13,15-28H2,2-8H3,(H,48,49)/t30?,32-,34+,35-,36+,37+,40-,41+,42+,43+,44-/m0/s1. The van der Waals surface area contributed by atoms with Gasteiger partial charge in [0.05, 0.1) is 16.9 Å². The van der Waals surface area contributed by atoms with E-state index in [0.717, 1.165) is 19.5 Å². The number of aliphatic carboxylic acids is 1. The number of carboxylic acids is 1. The van der Waals surface area contributed by atoms with Gasteiger partial charge in [-0.15, -0.1) is 0 Å². The number of sulfone groups is 1. The van der Waals surface area contributed by atoms with Gasteiger partial charge < -0.3 is 10.4 Å². The molecule has 6 nitrogen and oxygen atoms in total. The molecule has 0 spiro atoms. The number of fused-ring (bicyclic) bond motifs is 7. The topological polar surface area (TPSA) is 86.7 Å². The van der Waals surface area contributed by atoms with Crippen molar-refractivity contribution in [1.82, 2.24) is 10.2 Å². The van der Waals surface area contributed by atoms with E-state index in [1.807, 2.05) is 0 Å². The molecular weight excluding hydrogens is 672 g/mol. The summed E-state index contributed by atoms with van der Waals surface area (Å²) in [6, 6.07) is 0.0785. The molecule has 4 saturated carbocycles. The molecule has 2 N–H and O–H groups in total. The lowest BCUT2D eigenvalue weighted by Crippen LogP contribution is -2.68. The summed E-state index contributed by atoms with van der Waals surface area (Å²) >= 11 is 0. The fourth-order valence-corrected chi connectivity index (χ4v) is 16.6. The number of halogens is 1. The summed E-state index contributed by atoms with van der Waals surface area (Å²) in [5, 5.41) is 14.0. The maximum absolute atomic E-state index is 14.0. The largest absolute Gasteiger partial charge is 0.481 e. The lowest BCUT2D eigenvalue weighted by Gasteiger charge is -2.72. The molecule has 6 aliphatic carbocycles. The molecule has 0 bridgehead atoms. The Labute approximate surface area is 314 Å². The molecule has 1 saturated heterocycles. The molecule has 7 rings (SSSR count). The van der Waals surface area contributed by atoms with Crippen LogP contribution >= 0.6 is 0 Å². The Balaban J connectivity index is 1.13. The van der Waals surface area contributed by atoms with Crippen LogP contribution in [0.4, 0.5) is 4.39 Å². The maximum atomic E-state index is 14.0. The number of carboxylic acid groups (broad SMARTS) is 1. The first-order valence-electron chi connectivity index (χ1n) is 20.8. The number of alkyl halides is 1. The molecule has 52 heavy (non-hydrogen) atoms. The van der Waals surface area contributed by atoms with E-state index in [2.05, 4.69) is 77.4 Å². The van der Waals surface area contributed by atoms with E-state index in [1.54, 1.807) is 0 Å². The summed E-state index contributed by atoms with van der Waals surface area (Å²) in [6.07, 6.45) is 16.9. The van der Waals surface area contributed by atoms with Crippen molar-refractivity contribution in [2.45, 2.75) is 137 Å². The van der Waals surface area contributed by atoms with Gasteiger partial charge in [-0.2, -0.15) is 0 Å². The van der Waals surface area contributed by atoms with Crippen LogP contribution in [0.2, 0.25) is 0 Å². The quantitative estimate of drug-likeness (QED) is 0.242. The van der Waals surface area contributed by atoms with Crippen molar-refractivity contribution < 1.29 is 22.7 Å². The molecule has 1 aliphatic heterocycles. The number of allylic oxidation sites excluding steroid dienone is 5. The van der Waals surface area contributed by atoms with Crippen molar-refractivity contribution in [2.24, 2.45) is 56.7 Å². The van der Waals surface area contributed by atoms with E-state index < -0.39 is 27.9 Å². The van der Waals surface area contributed by atoms with Gasteiger partial charge >= 0.3 is 5.97 Å². The third-order valence-electron chi connectivity index (χ3n) is 18.0. The van der Waals surface area contributed by atoms with E-state index in [4.69, 9.17) is 0 Å². The predicted molar refractivity (Wildman–Crippen MR) is 208 cm³/mol. The fraction of sp³-hybridized carbons (Fsp3) is 0.841. The third-order valence-corrected chi connectivity index (χ3v) is 19.8. The summed E-state index contributed by atoms with van der Waals surface area (Å²) in [5.41, 5.74) is 3.57. The molecule has 0 aromatic rings. The summed E-state index contributed by atoms with van der Waals surface area (Å²) in [5.74, 6) is 2.53. The van der Waals surface area contributed by atoms with Gasteiger partial charge in [0.25, 0.3) is 0 Å². The first-order chi connectivity index (χ1) is 24.3. The summed E-state index contributed by atoms with van der Waals surface area (Å²) in [6.45, 7) is 23.5. The second-order valence-electron chi connectivity index (χ2n) is 20.5. The lowest BCUT2D eigenvalue weighted by atomic mass is 9.33. The minimum Gasteiger partial charge on any atom is -0.481 e. The van der Waals surface area contributed by atoms with Gasteiger partial charge in [-0.3, -0.25) is 9.69 Å². The molecule has 0 aromatic heterocycles. The van der Waals surface area contributed by atoms with Gasteiger partial charge in [-0.1, -0.05) is 58.9 Å². The Morgan fingerprint density at radius 3 is 2.37 bits per heavy atom. The van der Waals surface area contributed by atoms with Crippen molar-refractivity contribution in [1.29, 1.82) is 0 Å². The van der Waals surface area contributed by atoms with E-state index in [-0.39, 0.29) is 51.2 Å². The van der Waals surface area contributed by atoms with E-state index in [1.165, 1.54) is 68.1 Å². The highest BCUT2D eigenvalue weighted by Crippen LogP contribution is 2.76. The molecule has 7 aliphatic rings. The van der Waals surface area contributed by atoms with Crippen molar-refractivity contribution in [3.8, 4) is 0 Å². The minimum absolute atomic E-state index is 0.0188. The van der Waals surface area contributed by atoms with Crippen LogP contribution in [0, 0.1) is 56.7 Å². The number of nitrogens with zero attached hydrogens (tertiary/aromatic N) is 1. The zero-order chi connectivity index (χ0) is 37.7. The summed E-state index contributed by atoms with van der Waals surface area (Å²) in [4.78, 5) is 14.4.